The molecular formula is C10H9ClN4S. The minimum atomic E-state index is 0.364. The molecule has 0 spiro atoms. The fourth-order valence-corrected chi connectivity index (χ4v) is 1.94. The lowest BCUT2D eigenvalue weighted by Gasteiger charge is -1.96. The molecule has 2 aromatic rings. The molecule has 0 aliphatic carbocycles. The van der Waals surface area contributed by atoms with Crippen LogP contribution in [-0.4, -0.2) is 16.4 Å². The monoisotopic (exact) mass is 252 g/mol. The van der Waals surface area contributed by atoms with Gasteiger partial charge in [0.1, 0.15) is 0 Å². The number of nitrogens with zero attached hydrogens (tertiary/aromatic N) is 3. The Hall–Kier alpha value is -1.46. The van der Waals surface area contributed by atoms with E-state index in [1.54, 1.807) is 29.7 Å². The molecule has 16 heavy (non-hydrogen) atoms. The van der Waals surface area contributed by atoms with Gasteiger partial charge in [0, 0.05) is 4.88 Å². The first kappa shape index (κ1) is 11.0. The molecule has 0 radical (unpaired) electrons. The van der Waals surface area contributed by atoms with Crippen LogP contribution < -0.4 is 5.43 Å². The van der Waals surface area contributed by atoms with Crippen LogP contribution >= 0.6 is 22.9 Å². The van der Waals surface area contributed by atoms with Gasteiger partial charge in [-0.05, 0) is 36.1 Å². The first-order valence-corrected chi connectivity index (χ1v) is 5.84. The molecule has 0 aliphatic heterocycles. The Labute approximate surface area is 102 Å². The van der Waals surface area contributed by atoms with Crippen LogP contribution in [0.3, 0.4) is 0 Å². The average molecular weight is 253 g/mol. The number of hydrazone groups is 1. The van der Waals surface area contributed by atoms with Crippen LogP contribution in [0.2, 0.25) is 5.15 Å². The van der Waals surface area contributed by atoms with E-state index in [1.165, 1.54) is 5.56 Å². The van der Waals surface area contributed by atoms with Crippen molar-refractivity contribution >= 4 is 35.0 Å². The molecule has 0 fully saturated rings. The van der Waals surface area contributed by atoms with Crippen LogP contribution in [0.4, 0.5) is 5.82 Å². The molecule has 0 bridgehead atoms. The summed E-state index contributed by atoms with van der Waals surface area (Å²) in [4.78, 5) is 1.12. The Kier molecular flexibility index (Phi) is 3.48. The van der Waals surface area contributed by atoms with Crippen molar-refractivity contribution in [2.75, 3.05) is 5.43 Å². The minimum absolute atomic E-state index is 0.364. The summed E-state index contributed by atoms with van der Waals surface area (Å²) < 4.78 is 0. The smallest absolute Gasteiger partial charge is 0.168 e. The largest absolute Gasteiger partial charge is 0.260 e. The molecule has 0 saturated carbocycles. The Morgan fingerprint density at radius 2 is 2.25 bits per heavy atom. The van der Waals surface area contributed by atoms with Gasteiger partial charge in [-0.15, -0.1) is 21.5 Å². The molecular weight excluding hydrogens is 244 g/mol. The fraction of sp³-hybridized carbons (Fsp3) is 0.100. The maximum atomic E-state index is 5.61. The molecule has 0 saturated heterocycles. The zero-order valence-electron chi connectivity index (χ0n) is 8.51. The molecule has 0 aromatic carbocycles. The van der Waals surface area contributed by atoms with Crippen molar-refractivity contribution in [1.29, 1.82) is 0 Å². The van der Waals surface area contributed by atoms with E-state index >= 15 is 0 Å². The Balaban J connectivity index is 2.00. The van der Waals surface area contributed by atoms with E-state index in [1.807, 2.05) is 18.4 Å². The maximum Gasteiger partial charge on any atom is 0.168 e. The second-order valence-corrected chi connectivity index (χ2v) is 4.41. The van der Waals surface area contributed by atoms with Crippen LogP contribution in [0.25, 0.3) is 0 Å². The highest BCUT2D eigenvalue weighted by molar-refractivity contribution is 7.11. The van der Waals surface area contributed by atoms with Gasteiger partial charge in [-0.3, -0.25) is 5.43 Å². The first-order valence-electron chi connectivity index (χ1n) is 4.58. The lowest BCUT2D eigenvalue weighted by Crippen LogP contribution is -1.94. The summed E-state index contributed by atoms with van der Waals surface area (Å²) in [5.74, 6) is 0.565. The normalized spacial score (nSPS) is 10.9. The van der Waals surface area contributed by atoms with Gasteiger partial charge in [-0.2, -0.15) is 5.10 Å². The van der Waals surface area contributed by atoms with Crippen molar-refractivity contribution in [3.63, 3.8) is 0 Å². The van der Waals surface area contributed by atoms with Crippen molar-refractivity contribution in [2.24, 2.45) is 5.10 Å². The summed E-state index contributed by atoms with van der Waals surface area (Å²) in [5, 5.41) is 14.0. The van der Waals surface area contributed by atoms with Crippen molar-refractivity contribution in [2.45, 2.75) is 6.92 Å². The molecule has 2 aromatic heterocycles. The molecule has 0 amide bonds. The molecule has 6 heteroatoms. The van der Waals surface area contributed by atoms with Crippen LogP contribution in [-0.2, 0) is 0 Å². The van der Waals surface area contributed by atoms with Gasteiger partial charge in [-0.1, -0.05) is 11.6 Å². The number of aryl methyl sites for hydroxylation is 1. The van der Waals surface area contributed by atoms with Crippen molar-refractivity contribution in [1.82, 2.24) is 10.2 Å². The lowest BCUT2D eigenvalue weighted by atomic mass is 10.3. The van der Waals surface area contributed by atoms with Crippen molar-refractivity contribution < 1.29 is 0 Å². The SMILES string of the molecule is Cc1ccsc1/C=N\Nc1ccc(Cl)nn1. The van der Waals surface area contributed by atoms with Crippen molar-refractivity contribution in [3.05, 3.63) is 39.2 Å². The Bertz CT molecular complexity index is 492. The van der Waals surface area contributed by atoms with Crippen LogP contribution in [0.15, 0.2) is 28.7 Å². The summed E-state index contributed by atoms with van der Waals surface area (Å²) in [7, 11) is 0. The van der Waals surface area contributed by atoms with Gasteiger partial charge in [0.15, 0.2) is 11.0 Å². The number of thiophene rings is 1. The van der Waals surface area contributed by atoms with Gasteiger partial charge in [0.2, 0.25) is 0 Å². The summed E-state index contributed by atoms with van der Waals surface area (Å²) >= 11 is 7.25. The molecule has 2 heterocycles. The predicted octanol–water partition coefficient (Wildman–Crippen LogP) is 2.95. The molecule has 0 aliphatic rings. The second kappa shape index (κ2) is 5.05. The molecule has 1 N–H and O–H groups in total. The van der Waals surface area contributed by atoms with E-state index in [0.717, 1.165) is 4.88 Å². The third-order valence-corrected chi connectivity index (χ3v) is 3.05. The Morgan fingerprint density at radius 3 is 2.88 bits per heavy atom. The third kappa shape index (κ3) is 2.77. The fourth-order valence-electron chi connectivity index (χ4n) is 1.05. The summed E-state index contributed by atoms with van der Waals surface area (Å²) in [6.45, 7) is 2.04. The number of halogens is 1. The molecule has 4 nitrogen and oxygen atoms in total. The van der Waals surface area contributed by atoms with E-state index in [2.05, 4.69) is 20.7 Å². The van der Waals surface area contributed by atoms with Crippen LogP contribution in [0, 0.1) is 6.92 Å². The number of hydrogen-bond acceptors (Lipinski definition) is 5. The standard InChI is InChI=1S/C10H9ClN4S/c1-7-4-5-16-8(7)6-12-14-10-3-2-9(11)13-15-10/h2-6H,1H3,(H,14,15)/b12-6-. The predicted molar refractivity (Wildman–Crippen MR) is 67.3 cm³/mol. The highest BCUT2D eigenvalue weighted by Gasteiger charge is 1.95. The highest BCUT2D eigenvalue weighted by Crippen LogP contribution is 2.12. The number of hydrogen-bond donors (Lipinski definition) is 1. The van der Waals surface area contributed by atoms with Gasteiger partial charge < -0.3 is 0 Å². The minimum Gasteiger partial charge on any atom is -0.260 e. The van der Waals surface area contributed by atoms with Gasteiger partial charge in [0.05, 0.1) is 6.21 Å². The topological polar surface area (TPSA) is 50.2 Å². The average Bonchev–Trinajstić information content (AvgIpc) is 2.68. The van der Waals surface area contributed by atoms with E-state index in [-0.39, 0.29) is 0 Å². The second-order valence-electron chi connectivity index (χ2n) is 3.08. The summed E-state index contributed by atoms with van der Waals surface area (Å²) in [6, 6.07) is 5.42. The number of rotatable bonds is 3. The first-order chi connectivity index (χ1) is 7.75. The Morgan fingerprint density at radius 1 is 1.38 bits per heavy atom. The summed E-state index contributed by atoms with van der Waals surface area (Å²) in [5.41, 5.74) is 3.99. The van der Waals surface area contributed by atoms with E-state index in [9.17, 15) is 0 Å². The quantitative estimate of drug-likeness (QED) is 0.675. The zero-order chi connectivity index (χ0) is 11.4. The van der Waals surface area contributed by atoms with Crippen LogP contribution in [0.5, 0.6) is 0 Å². The lowest BCUT2D eigenvalue weighted by molar-refractivity contribution is 1.02. The number of anilines is 1. The molecule has 0 atom stereocenters. The highest BCUT2D eigenvalue weighted by atomic mass is 35.5. The number of aromatic nitrogens is 2. The van der Waals surface area contributed by atoms with E-state index in [4.69, 9.17) is 11.6 Å². The van der Waals surface area contributed by atoms with Gasteiger partial charge >= 0.3 is 0 Å². The third-order valence-electron chi connectivity index (χ3n) is 1.89. The van der Waals surface area contributed by atoms with Gasteiger partial charge in [0.25, 0.3) is 0 Å². The summed E-state index contributed by atoms with van der Waals surface area (Å²) in [6.07, 6.45) is 1.76. The van der Waals surface area contributed by atoms with E-state index < -0.39 is 0 Å². The van der Waals surface area contributed by atoms with Crippen LogP contribution in [0.1, 0.15) is 10.4 Å². The van der Waals surface area contributed by atoms with Gasteiger partial charge in [-0.25, -0.2) is 0 Å². The zero-order valence-corrected chi connectivity index (χ0v) is 10.1. The molecule has 0 unspecified atom stereocenters. The molecule has 2 rings (SSSR count). The van der Waals surface area contributed by atoms with Crippen molar-refractivity contribution in [3.8, 4) is 0 Å². The van der Waals surface area contributed by atoms with E-state index in [0.29, 0.717) is 11.0 Å². The maximum absolute atomic E-state index is 5.61. The number of nitrogens with one attached hydrogen (secondary N) is 1. The molecule has 82 valence electrons.